The lowest BCUT2D eigenvalue weighted by Crippen LogP contribution is -2.23. The largest absolute Gasteiger partial charge is 0.502 e. The molecule has 0 atom stereocenters. The summed E-state index contributed by atoms with van der Waals surface area (Å²) in [7, 11) is 0. The van der Waals surface area contributed by atoms with Gasteiger partial charge in [0.1, 0.15) is 5.82 Å². The molecule has 0 saturated carbocycles. The van der Waals surface area contributed by atoms with Gasteiger partial charge >= 0.3 is 11.9 Å². The number of benzene rings is 1. The van der Waals surface area contributed by atoms with E-state index in [2.05, 4.69) is 0 Å². The first-order chi connectivity index (χ1) is 7.64. The lowest BCUT2D eigenvalue weighted by Gasteiger charge is -2.07. The van der Waals surface area contributed by atoms with Gasteiger partial charge in [0.15, 0.2) is 0 Å². The second kappa shape index (κ2) is 4.00. The molecule has 1 rings (SSSR count). The van der Waals surface area contributed by atoms with Crippen LogP contribution >= 0.6 is 0 Å². The molecule has 17 heavy (non-hydrogen) atoms. The zero-order valence-electron chi connectivity index (χ0n) is 7.79. The molecule has 0 radical (unpaired) electrons. The minimum atomic E-state index is -5.36. The maximum absolute atomic E-state index is 12.8. The van der Waals surface area contributed by atoms with E-state index in [0.717, 1.165) is 0 Å². The van der Waals surface area contributed by atoms with Crippen molar-refractivity contribution in [1.29, 1.82) is 0 Å². The van der Waals surface area contributed by atoms with Crippen LogP contribution in [0.25, 0.3) is 0 Å². The number of hydrogen-bond acceptors (Lipinski definition) is 4. The topological polar surface area (TPSA) is 80.4 Å². The Morgan fingerprint density at radius 2 is 1.88 bits per heavy atom. The minimum Gasteiger partial charge on any atom is -0.502 e. The molecule has 1 aromatic carbocycles. The zero-order chi connectivity index (χ0) is 13.4. The van der Waals surface area contributed by atoms with E-state index in [9.17, 15) is 32.5 Å². The van der Waals surface area contributed by atoms with Crippen molar-refractivity contribution in [3.63, 3.8) is 0 Å². The molecule has 92 valence electrons. The van der Waals surface area contributed by atoms with E-state index in [4.69, 9.17) is 5.11 Å². The number of hydrogen-bond donors (Lipinski definition) is 1. The van der Waals surface area contributed by atoms with E-state index in [0.29, 0.717) is 0 Å². The van der Waals surface area contributed by atoms with E-state index in [1.54, 1.807) is 0 Å². The van der Waals surface area contributed by atoms with Gasteiger partial charge in [0.25, 0.3) is 5.78 Å². The van der Waals surface area contributed by atoms with Crippen molar-refractivity contribution in [3.8, 4) is 5.75 Å². The normalized spacial score (nSPS) is 11.3. The number of ketones is 1. The van der Waals surface area contributed by atoms with Crippen LogP contribution in [0.2, 0.25) is 0 Å². The lowest BCUT2D eigenvalue weighted by molar-refractivity contribution is -0.386. The minimum absolute atomic E-state index is 0.0815. The molecule has 1 N–H and O–H groups in total. The third-order valence-electron chi connectivity index (χ3n) is 1.75. The number of phenols is 1. The molecule has 9 heteroatoms. The Morgan fingerprint density at radius 1 is 1.35 bits per heavy atom. The van der Waals surface area contributed by atoms with Crippen LogP contribution in [-0.2, 0) is 0 Å². The first-order valence-electron chi connectivity index (χ1n) is 3.93. The van der Waals surface area contributed by atoms with Crippen molar-refractivity contribution in [1.82, 2.24) is 0 Å². The maximum atomic E-state index is 12.8. The standard InChI is InChI=1S/C8H3F4NO4/c9-3-1-4(7(15)8(10,11)12)6(14)5(2-3)13(16)17/h1-2,14H. The summed E-state index contributed by atoms with van der Waals surface area (Å²) in [4.78, 5) is 19.7. The van der Waals surface area contributed by atoms with Gasteiger partial charge in [0, 0.05) is 0 Å². The molecular weight excluding hydrogens is 250 g/mol. The molecular formula is C8H3F4NO4. The number of nitrogens with zero attached hydrogens (tertiary/aromatic N) is 1. The van der Waals surface area contributed by atoms with Crippen LogP contribution in [-0.4, -0.2) is 22.0 Å². The van der Waals surface area contributed by atoms with Gasteiger partial charge in [0.2, 0.25) is 5.75 Å². The smallest absolute Gasteiger partial charge is 0.455 e. The van der Waals surface area contributed by atoms with Gasteiger partial charge in [-0.2, -0.15) is 13.2 Å². The maximum Gasteiger partial charge on any atom is 0.455 e. The predicted octanol–water partition coefficient (Wildman–Crippen LogP) is 2.18. The van der Waals surface area contributed by atoms with E-state index < -0.39 is 39.7 Å². The van der Waals surface area contributed by atoms with Gasteiger partial charge in [0.05, 0.1) is 16.6 Å². The number of rotatable bonds is 2. The fraction of sp³-hybridized carbons (Fsp3) is 0.125. The number of nitro benzene ring substituents is 1. The molecule has 5 nitrogen and oxygen atoms in total. The Morgan fingerprint density at radius 3 is 2.29 bits per heavy atom. The molecule has 0 saturated heterocycles. The summed E-state index contributed by atoms with van der Waals surface area (Å²) >= 11 is 0. The number of aromatic hydroxyl groups is 1. The lowest BCUT2D eigenvalue weighted by atomic mass is 10.1. The van der Waals surface area contributed by atoms with Crippen molar-refractivity contribution in [2.45, 2.75) is 6.18 Å². The Hall–Kier alpha value is -2.19. The molecule has 0 aliphatic heterocycles. The Kier molecular flexibility index (Phi) is 3.03. The molecule has 0 fully saturated rings. The number of halogens is 4. The third-order valence-corrected chi connectivity index (χ3v) is 1.75. The van der Waals surface area contributed by atoms with E-state index >= 15 is 0 Å². The van der Waals surface area contributed by atoms with Crippen LogP contribution in [0.3, 0.4) is 0 Å². The van der Waals surface area contributed by atoms with Crippen LogP contribution in [0.15, 0.2) is 12.1 Å². The van der Waals surface area contributed by atoms with Gasteiger partial charge in [-0.05, 0) is 6.07 Å². The molecule has 1 aromatic rings. The molecule has 0 unspecified atom stereocenters. The molecule has 0 spiro atoms. The number of carbonyl (C=O) groups is 1. The fourth-order valence-electron chi connectivity index (χ4n) is 1.05. The number of alkyl halides is 3. The summed E-state index contributed by atoms with van der Waals surface area (Å²) in [6, 6.07) is 0.292. The van der Waals surface area contributed by atoms with Crippen molar-refractivity contribution in [3.05, 3.63) is 33.6 Å². The SMILES string of the molecule is O=C(c1cc(F)cc([N+](=O)[O-])c1O)C(F)(F)F. The van der Waals surface area contributed by atoms with Crippen LogP contribution in [0.1, 0.15) is 10.4 Å². The van der Waals surface area contributed by atoms with Crippen LogP contribution in [0, 0.1) is 15.9 Å². The van der Waals surface area contributed by atoms with Gasteiger partial charge in [-0.3, -0.25) is 14.9 Å². The molecule has 0 heterocycles. The van der Waals surface area contributed by atoms with Crippen LogP contribution < -0.4 is 0 Å². The van der Waals surface area contributed by atoms with Crippen LogP contribution in [0.4, 0.5) is 23.2 Å². The monoisotopic (exact) mass is 253 g/mol. The summed E-state index contributed by atoms with van der Waals surface area (Å²) in [5.74, 6) is -5.50. The zero-order valence-corrected chi connectivity index (χ0v) is 7.79. The van der Waals surface area contributed by atoms with Crippen molar-refractivity contribution < 1.29 is 32.4 Å². The molecule has 0 amide bonds. The average Bonchev–Trinajstić information content (AvgIpc) is 2.18. The second-order valence-electron chi connectivity index (χ2n) is 2.91. The van der Waals surface area contributed by atoms with Gasteiger partial charge in [-0.25, -0.2) is 4.39 Å². The summed E-state index contributed by atoms with van der Waals surface area (Å²) in [5.41, 5.74) is -2.80. The number of nitro groups is 1. The quantitative estimate of drug-likeness (QED) is 0.379. The number of phenolic OH excluding ortho intramolecular Hbond substituents is 1. The van der Waals surface area contributed by atoms with Gasteiger partial charge in [-0.1, -0.05) is 0 Å². The third kappa shape index (κ3) is 2.49. The highest BCUT2D eigenvalue weighted by molar-refractivity contribution is 6.03. The molecule has 0 bridgehead atoms. The average molecular weight is 253 g/mol. The van der Waals surface area contributed by atoms with Gasteiger partial charge < -0.3 is 5.11 Å². The summed E-state index contributed by atoms with van der Waals surface area (Å²) in [5, 5.41) is 19.4. The summed E-state index contributed by atoms with van der Waals surface area (Å²) < 4.78 is 48.9. The van der Waals surface area contributed by atoms with E-state index in [1.165, 1.54) is 0 Å². The Labute approximate surface area is 90.4 Å². The van der Waals surface area contributed by atoms with Crippen molar-refractivity contribution in [2.75, 3.05) is 0 Å². The highest BCUT2D eigenvalue weighted by Crippen LogP contribution is 2.34. The first-order valence-corrected chi connectivity index (χ1v) is 3.93. The van der Waals surface area contributed by atoms with Gasteiger partial charge in [-0.15, -0.1) is 0 Å². The van der Waals surface area contributed by atoms with Crippen molar-refractivity contribution in [2.24, 2.45) is 0 Å². The fourth-order valence-corrected chi connectivity index (χ4v) is 1.05. The number of Topliss-reactive ketones (excluding diaryl/α,β-unsaturated/α-hetero) is 1. The Balaban J connectivity index is 3.45. The number of carbonyl (C=O) groups excluding carboxylic acids is 1. The predicted molar refractivity (Wildman–Crippen MR) is 45.1 cm³/mol. The molecule has 0 aliphatic carbocycles. The summed E-state index contributed by atoms with van der Waals surface area (Å²) in [6.45, 7) is 0. The Bertz CT molecular complexity index is 497. The van der Waals surface area contributed by atoms with Crippen LogP contribution in [0.5, 0.6) is 5.75 Å². The highest BCUT2D eigenvalue weighted by Gasteiger charge is 2.42. The second-order valence-corrected chi connectivity index (χ2v) is 2.91. The van der Waals surface area contributed by atoms with E-state index in [1.807, 2.05) is 0 Å². The molecule has 0 aliphatic rings. The summed E-state index contributed by atoms with van der Waals surface area (Å²) in [6.07, 6.45) is -5.36. The van der Waals surface area contributed by atoms with E-state index in [-0.39, 0.29) is 12.1 Å². The van der Waals surface area contributed by atoms with Crippen molar-refractivity contribution >= 4 is 11.5 Å². The highest BCUT2D eigenvalue weighted by atomic mass is 19.4. The molecule has 0 aromatic heterocycles. The first kappa shape index (κ1) is 12.9.